The van der Waals surface area contributed by atoms with Gasteiger partial charge in [-0.05, 0) is 58.7 Å². The number of fused-ring (bicyclic) bond motifs is 2. The normalized spacial score (nSPS) is 34.2. The number of hydrogen-bond donors (Lipinski definition) is 0. The molecule has 2 aliphatic carbocycles. The van der Waals surface area contributed by atoms with Gasteiger partial charge in [0.05, 0.1) is 5.56 Å². The second-order valence-electron chi connectivity index (χ2n) is 6.85. The molecule has 2 bridgehead atoms. The molecule has 3 nitrogen and oxygen atoms in total. The van der Waals surface area contributed by atoms with Crippen LogP contribution in [0.3, 0.4) is 0 Å². The van der Waals surface area contributed by atoms with Crippen LogP contribution >= 0.6 is 15.9 Å². The third kappa shape index (κ3) is 1.84. The van der Waals surface area contributed by atoms with Gasteiger partial charge in [-0.25, -0.2) is 9.78 Å². The maximum atomic E-state index is 12.4. The van der Waals surface area contributed by atoms with Crippen molar-refractivity contribution < 1.29 is 9.53 Å². The summed E-state index contributed by atoms with van der Waals surface area (Å²) in [5.41, 5.74) is 0.864. The molecule has 0 aromatic carbocycles. The molecular formula is C16H20BrNO2. The van der Waals surface area contributed by atoms with Gasteiger partial charge in [0.25, 0.3) is 0 Å². The molecule has 4 heteroatoms. The van der Waals surface area contributed by atoms with Crippen LogP contribution < -0.4 is 0 Å². The topological polar surface area (TPSA) is 39.2 Å². The number of pyridine rings is 1. The van der Waals surface area contributed by atoms with Gasteiger partial charge in [0.15, 0.2) is 0 Å². The molecule has 0 saturated heterocycles. The summed E-state index contributed by atoms with van der Waals surface area (Å²) in [6.45, 7) is 6.91. The van der Waals surface area contributed by atoms with Gasteiger partial charge in [-0.1, -0.05) is 20.8 Å². The molecule has 2 fully saturated rings. The molecule has 2 aliphatic rings. The van der Waals surface area contributed by atoms with Crippen LogP contribution in [0.4, 0.5) is 0 Å². The molecule has 1 aromatic rings. The maximum absolute atomic E-state index is 12.4. The Hall–Kier alpha value is -0.900. The van der Waals surface area contributed by atoms with E-state index in [4.69, 9.17) is 4.74 Å². The Morgan fingerprint density at radius 3 is 2.75 bits per heavy atom. The molecule has 1 aromatic heterocycles. The predicted octanol–water partition coefficient (Wildman–Crippen LogP) is 4.22. The minimum atomic E-state index is -0.264. The van der Waals surface area contributed by atoms with E-state index in [0.29, 0.717) is 16.1 Å². The highest BCUT2D eigenvalue weighted by molar-refractivity contribution is 9.10. The number of esters is 1. The molecule has 0 N–H and O–H groups in total. The second-order valence-corrected chi connectivity index (χ2v) is 7.60. The summed E-state index contributed by atoms with van der Waals surface area (Å²) >= 11 is 3.31. The summed E-state index contributed by atoms with van der Waals surface area (Å²) in [7, 11) is 0. The van der Waals surface area contributed by atoms with Gasteiger partial charge in [0, 0.05) is 11.6 Å². The zero-order valence-electron chi connectivity index (χ0n) is 12.1. The van der Waals surface area contributed by atoms with E-state index in [9.17, 15) is 4.79 Å². The van der Waals surface area contributed by atoms with Gasteiger partial charge in [-0.2, -0.15) is 0 Å². The first kappa shape index (κ1) is 14.1. The molecule has 0 aliphatic heterocycles. The first-order valence-electron chi connectivity index (χ1n) is 7.18. The van der Waals surface area contributed by atoms with Crippen LogP contribution in [0.25, 0.3) is 0 Å². The van der Waals surface area contributed by atoms with Gasteiger partial charge in [-0.15, -0.1) is 0 Å². The summed E-state index contributed by atoms with van der Waals surface area (Å²) < 4.78 is 6.40. The molecule has 3 unspecified atom stereocenters. The number of halogens is 1. The molecule has 2 saturated carbocycles. The molecule has 0 spiro atoms. The van der Waals surface area contributed by atoms with Crippen molar-refractivity contribution in [3.05, 3.63) is 28.5 Å². The number of carbonyl (C=O) groups is 1. The summed E-state index contributed by atoms with van der Waals surface area (Å²) in [5, 5.41) is 0. The average Bonchev–Trinajstić information content (AvgIpc) is 2.72. The smallest absolute Gasteiger partial charge is 0.341 e. The minimum absolute atomic E-state index is 0.0239. The van der Waals surface area contributed by atoms with Crippen molar-refractivity contribution in [2.24, 2.45) is 16.7 Å². The number of rotatable bonds is 2. The molecule has 108 valence electrons. The molecular weight excluding hydrogens is 318 g/mol. The Morgan fingerprint density at radius 2 is 2.20 bits per heavy atom. The fraction of sp³-hybridized carbons (Fsp3) is 0.625. The molecule has 1 heterocycles. The summed E-state index contributed by atoms with van der Waals surface area (Å²) in [5.74, 6) is 0.405. The fourth-order valence-corrected chi connectivity index (χ4v) is 4.45. The van der Waals surface area contributed by atoms with Crippen molar-refractivity contribution >= 4 is 21.9 Å². The van der Waals surface area contributed by atoms with Crippen molar-refractivity contribution in [1.29, 1.82) is 0 Å². The van der Waals surface area contributed by atoms with Crippen LogP contribution in [-0.4, -0.2) is 17.1 Å². The van der Waals surface area contributed by atoms with Crippen LogP contribution in [0.1, 0.15) is 50.4 Å². The highest BCUT2D eigenvalue weighted by Gasteiger charge is 2.62. The minimum Gasteiger partial charge on any atom is -0.458 e. The van der Waals surface area contributed by atoms with E-state index in [1.165, 1.54) is 6.42 Å². The van der Waals surface area contributed by atoms with Gasteiger partial charge < -0.3 is 4.74 Å². The Bertz CT molecular complexity index is 557. The highest BCUT2D eigenvalue weighted by atomic mass is 79.9. The van der Waals surface area contributed by atoms with Gasteiger partial charge in [0.1, 0.15) is 10.7 Å². The van der Waals surface area contributed by atoms with E-state index >= 15 is 0 Å². The Kier molecular flexibility index (Phi) is 3.20. The van der Waals surface area contributed by atoms with Gasteiger partial charge in [0.2, 0.25) is 0 Å². The third-order valence-corrected chi connectivity index (χ3v) is 6.57. The molecule has 0 amide bonds. The molecule has 0 radical (unpaired) electrons. The average molecular weight is 338 g/mol. The van der Waals surface area contributed by atoms with E-state index < -0.39 is 0 Å². The lowest BCUT2D eigenvalue weighted by molar-refractivity contribution is -0.0243. The number of ether oxygens (including phenoxy) is 1. The number of nitrogens with zero attached hydrogens (tertiary/aromatic N) is 1. The summed E-state index contributed by atoms with van der Waals surface area (Å²) in [4.78, 5) is 16.4. The van der Waals surface area contributed by atoms with Crippen LogP contribution in [0.2, 0.25) is 0 Å². The highest BCUT2D eigenvalue weighted by Crippen LogP contribution is 2.66. The van der Waals surface area contributed by atoms with Crippen molar-refractivity contribution in [1.82, 2.24) is 4.98 Å². The van der Waals surface area contributed by atoms with E-state index in [0.717, 1.165) is 12.8 Å². The standard InChI is InChI=1S/C16H20BrNO2/c1-15(2)10-6-7-16(15,3)12(9-10)20-14(19)11-5-4-8-18-13(11)17/h4-5,8,10,12H,6-7,9H2,1-3H3. The van der Waals surface area contributed by atoms with Crippen molar-refractivity contribution in [3.8, 4) is 0 Å². The lowest BCUT2D eigenvalue weighted by atomic mass is 9.70. The van der Waals surface area contributed by atoms with Gasteiger partial charge in [-0.3, -0.25) is 0 Å². The first-order valence-corrected chi connectivity index (χ1v) is 7.97. The van der Waals surface area contributed by atoms with Crippen LogP contribution in [-0.2, 0) is 4.74 Å². The van der Waals surface area contributed by atoms with E-state index in [1.54, 1.807) is 18.3 Å². The summed E-state index contributed by atoms with van der Waals surface area (Å²) in [6.07, 6.45) is 5.08. The molecule has 3 atom stereocenters. The molecule has 3 rings (SSSR count). The Morgan fingerprint density at radius 1 is 1.45 bits per heavy atom. The third-order valence-electron chi connectivity index (χ3n) is 5.94. The number of aromatic nitrogens is 1. The predicted molar refractivity (Wildman–Crippen MR) is 80.4 cm³/mol. The number of hydrogen-bond acceptors (Lipinski definition) is 3. The lowest BCUT2D eigenvalue weighted by Gasteiger charge is -2.38. The zero-order valence-corrected chi connectivity index (χ0v) is 13.7. The van der Waals surface area contributed by atoms with Crippen LogP contribution in [0, 0.1) is 16.7 Å². The summed E-state index contributed by atoms with van der Waals surface area (Å²) in [6, 6.07) is 3.51. The SMILES string of the molecule is CC1(C)C2CCC1(C)C(OC(=O)c1cccnc1Br)C2. The second kappa shape index (κ2) is 4.55. The largest absolute Gasteiger partial charge is 0.458 e. The monoisotopic (exact) mass is 337 g/mol. The van der Waals surface area contributed by atoms with Crippen molar-refractivity contribution in [2.75, 3.05) is 0 Å². The van der Waals surface area contributed by atoms with Crippen LogP contribution in [0.5, 0.6) is 0 Å². The Labute approximate surface area is 128 Å². The fourth-order valence-electron chi connectivity index (χ4n) is 4.04. The van der Waals surface area contributed by atoms with Gasteiger partial charge >= 0.3 is 5.97 Å². The first-order chi connectivity index (χ1) is 9.36. The number of carbonyl (C=O) groups excluding carboxylic acids is 1. The van der Waals surface area contributed by atoms with E-state index in [-0.39, 0.29) is 22.9 Å². The van der Waals surface area contributed by atoms with E-state index in [1.807, 2.05) is 0 Å². The lowest BCUT2D eigenvalue weighted by Crippen LogP contribution is -2.38. The van der Waals surface area contributed by atoms with Crippen LogP contribution in [0.15, 0.2) is 22.9 Å². The van der Waals surface area contributed by atoms with Crippen molar-refractivity contribution in [3.63, 3.8) is 0 Å². The van der Waals surface area contributed by atoms with E-state index in [2.05, 4.69) is 41.7 Å². The van der Waals surface area contributed by atoms with Crippen molar-refractivity contribution in [2.45, 2.75) is 46.1 Å². The quantitative estimate of drug-likeness (QED) is 0.599. The maximum Gasteiger partial charge on any atom is 0.341 e. The Balaban J connectivity index is 1.81. The zero-order chi connectivity index (χ0) is 14.5. The molecule has 20 heavy (non-hydrogen) atoms.